The quantitative estimate of drug-likeness (QED) is 0.0287. The highest BCUT2D eigenvalue weighted by molar-refractivity contribution is 5.95. The second-order valence-electron chi connectivity index (χ2n) is 15.2. The minimum Gasteiger partial charge on any atom is -0.393 e. The summed E-state index contributed by atoms with van der Waals surface area (Å²) in [6, 6.07) is 0. The third-order valence-electron chi connectivity index (χ3n) is 10.5. The SMILES string of the molecule is CCCCCCCCCCCCCCCCCCCCCCCCCCCCCCCCCCCCCC/C=C/C1CC(=O)OC1=O. The van der Waals surface area contributed by atoms with E-state index in [9.17, 15) is 9.59 Å². The fourth-order valence-electron chi connectivity index (χ4n) is 7.25. The Labute approximate surface area is 294 Å². The molecule has 1 aliphatic rings. The van der Waals surface area contributed by atoms with E-state index in [0.29, 0.717) is 0 Å². The van der Waals surface area contributed by atoms with Crippen molar-refractivity contribution in [1.29, 1.82) is 0 Å². The van der Waals surface area contributed by atoms with Gasteiger partial charge in [-0.15, -0.1) is 0 Å². The second-order valence-corrected chi connectivity index (χ2v) is 15.2. The molecule has 0 spiro atoms. The molecule has 1 heterocycles. The smallest absolute Gasteiger partial charge is 0.321 e. The van der Waals surface area contributed by atoms with Crippen molar-refractivity contribution < 1.29 is 14.3 Å². The van der Waals surface area contributed by atoms with Crippen LogP contribution in [0.1, 0.15) is 251 Å². The van der Waals surface area contributed by atoms with Gasteiger partial charge in [-0.3, -0.25) is 9.59 Å². The zero-order chi connectivity index (χ0) is 33.7. The van der Waals surface area contributed by atoms with E-state index >= 15 is 0 Å². The van der Waals surface area contributed by atoms with Gasteiger partial charge in [0.25, 0.3) is 0 Å². The number of ether oxygens (including phenoxy) is 1. The Kier molecular flexibility index (Phi) is 33.8. The Hall–Kier alpha value is -1.12. The van der Waals surface area contributed by atoms with Gasteiger partial charge < -0.3 is 4.74 Å². The third-order valence-corrected chi connectivity index (χ3v) is 10.5. The molecule has 0 aromatic rings. The van der Waals surface area contributed by atoms with Crippen LogP contribution < -0.4 is 0 Å². The van der Waals surface area contributed by atoms with E-state index in [-0.39, 0.29) is 24.3 Å². The zero-order valence-corrected chi connectivity index (χ0v) is 31.8. The number of esters is 2. The van der Waals surface area contributed by atoms with Crippen LogP contribution in [0.15, 0.2) is 12.2 Å². The molecule has 0 aromatic heterocycles. The van der Waals surface area contributed by atoms with Gasteiger partial charge in [-0.2, -0.15) is 0 Å². The maximum absolute atomic E-state index is 11.4. The van der Waals surface area contributed by atoms with Crippen LogP contribution in [-0.2, 0) is 14.3 Å². The van der Waals surface area contributed by atoms with Crippen LogP contribution in [0, 0.1) is 5.92 Å². The predicted octanol–water partition coefficient (Wildman–Crippen LogP) is 15.1. The number of carbonyl (C=O) groups excluding carboxylic acids is 2. The molecular weight excluding hydrogens is 576 g/mol. The molecule has 1 fully saturated rings. The topological polar surface area (TPSA) is 43.4 Å². The number of unbranched alkanes of at least 4 members (excludes halogenated alkanes) is 36. The molecule has 0 aromatic carbocycles. The third kappa shape index (κ3) is 31.9. The Morgan fingerprint density at radius 1 is 0.426 bits per heavy atom. The minimum atomic E-state index is -0.388. The molecule has 0 saturated carbocycles. The first-order valence-electron chi connectivity index (χ1n) is 21.6. The van der Waals surface area contributed by atoms with E-state index < -0.39 is 0 Å². The lowest BCUT2D eigenvalue weighted by Gasteiger charge is -2.05. The van der Waals surface area contributed by atoms with Crippen molar-refractivity contribution in [1.82, 2.24) is 0 Å². The lowest BCUT2D eigenvalue weighted by molar-refractivity contribution is -0.152. The van der Waals surface area contributed by atoms with E-state index in [1.807, 2.05) is 6.08 Å². The van der Waals surface area contributed by atoms with Crippen LogP contribution in [0.4, 0.5) is 0 Å². The summed E-state index contributed by atoms with van der Waals surface area (Å²) >= 11 is 0. The Bertz CT molecular complexity index is 698. The van der Waals surface area contributed by atoms with Crippen LogP contribution in [0.25, 0.3) is 0 Å². The van der Waals surface area contributed by atoms with Gasteiger partial charge in [-0.05, 0) is 12.8 Å². The maximum Gasteiger partial charge on any atom is 0.321 e. The molecule has 1 rings (SSSR count). The van der Waals surface area contributed by atoms with Crippen molar-refractivity contribution in [3.05, 3.63) is 12.2 Å². The zero-order valence-electron chi connectivity index (χ0n) is 31.8. The van der Waals surface area contributed by atoms with Gasteiger partial charge in [-0.25, -0.2) is 0 Å². The first-order chi connectivity index (χ1) is 23.2. The van der Waals surface area contributed by atoms with Gasteiger partial charge in [0.2, 0.25) is 0 Å². The van der Waals surface area contributed by atoms with Crippen LogP contribution in [-0.4, -0.2) is 11.9 Å². The fraction of sp³-hybridized carbons (Fsp3) is 0.909. The van der Waals surface area contributed by atoms with Crippen molar-refractivity contribution in [2.45, 2.75) is 251 Å². The molecule has 0 N–H and O–H groups in total. The highest BCUT2D eigenvalue weighted by Gasteiger charge is 2.30. The number of carbonyl (C=O) groups is 2. The molecule has 1 unspecified atom stereocenters. The molecule has 1 atom stereocenters. The first-order valence-corrected chi connectivity index (χ1v) is 21.6. The van der Waals surface area contributed by atoms with E-state index in [0.717, 1.165) is 6.42 Å². The molecule has 0 amide bonds. The minimum absolute atomic E-state index is 0.217. The molecule has 0 radical (unpaired) electrons. The van der Waals surface area contributed by atoms with E-state index in [2.05, 4.69) is 17.7 Å². The number of hydrogen-bond donors (Lipinski definition) is 0. The highest BCUT2D eigenvalue weighted by Crippen LogP contribution is 2.19. The summed E-state index contributed by atoms with van der Waals surface area (Å²) in [7, 11) is 0. The normalized spacial score (nSPS) is 15.0. The summed E-state index contributed by atoms with van der Waals surface area (Å²) in [5.74, 6) is -1.11. The predicted molar refractivity (Wildman–Crippen MR) is 205 cm³/mol. The van der Waals surface area contributed by atoms with Crippen molar-refractivity contribution in [2.75, 3.05) is 0 Å². The summed E-state index contributed by atoms with van der Waals surface area (Å²) in [6.07, 6.45) is 56.9. The Balaban J connectivity index is 1.63. The molecular formula is C44H82O3. The van der Waals surface area contributed by atoms with Crippen molar-refractivity contribution in [3.8, 4) is 0 Å². The molecule has 1 aliphatic heterocycles. The summed E-state index contributed by atoms with van der Waals surface area (Å²) in [5.41, 5.74) is 0. The summed E-state index contributed by atoms with van der Waals surface area (Å²) in [4.78, 5) is 22.5. The van der Waals surface area contributed by atoms with Crippen LogP contribution in [0.3, 0.4) is 0 Å². The van der Waals surface area contributed by atoms with E-state index in [1.165, 1.54) is 231 Å². The summed E-state index contributed by atoms with van der Waals surface area (Å²) < 4.78 is 4.57. The van der Waals surface area contributed by atoms with Crippen molar-refractivity contribution in [3.63, 3.8) is 0 Å². The lowest BCUT2D eigenvalue weighted by atomic mass is 10.0. The molecule has 0 aliphatic carbocycles. The molecule has 3 nitrogen and oxygen atoms in total. The molecule has 276 valence electrons. The van der Waals surface area contributed by atoms with Gasteiger partial charge >= 0.3 is 11.9 Å². The van der Waals surface area contributed by atoms with Gasteiger partial charge in [0.15, 0.2) is 0 Å². The Morgan fingerprint density at radius 3 is 0.915 bits per heavy atom. The van der Waals surface area contributed by atoms with Crippen molar-refractivity contribution in [2.24, 2.45) is 5.92 Å². The van der Waals surface area contributed by atoms with Gasteiger partial charge in [0.05, 0.1) is 12.3 Å². The lowest BCUT2D eigenvalue weighted by Crippen LogP contribution is -2.03. The standard InChI is InChI=1S/C44H82O3/c1-2-3-4-5-6-7-8-9-10-11-12-13-14-15-16-17-18-19-20-21-22-23-24-25-26-27-28-29-30-31-32-33-34-35-36-37-38-39-40-42-41-43(45)47-44(42)46/h39-40,42H,2-38,41H2,1H3/b40-39+. The van der Waals surface area contributed by atoms with Crippen molar-refractivity contribution >= 4 is 11.9 Å². The average Bonchev–Trinajstić information content (AvgIpc) is 3.40. The van der Waals surface area contributed by atoms with E-state index in [4.69, 9.17) is 0 Å². The van der Waals surface area contributed by atoms with Crippen LogP contribution in [0.5, 0.6) is 0 Å². The summed E-state index contributed by atoms with van der Waals surface area (Å²) in [5, 5.41) is 0. The number of allylic oxidation sites excluding steroid dienone is 1. The van der Waals surface area contributed by atoms with Crippen LogP contribution >= 0.6 is 0 Å². The number of hydrogen-bond acceptors (Lipinski definition) is 3. The average molecular weight is 659 g/mol. The second kappa shape index (κ2) is 36.2. The largest absolute Gasteiger partial charge is 0.393 e. The molecule has 1 saturated heterocycles. The van der Waals surface area contributed by atoms with Crippen LogP contribution in [0.2, 0.25) is 0 Å². The molecule has 0 bridgehead atoms. The number of rotatable bonds is 38. The fourth-order valence-corrected chi connectivity index (χ4v) is 7.25. The van der Waals surface area contributed by atoms with E-state index in [1.54, 1.807) is 0 Å². The van der Waals surface area contributed by atoms with Gasteiger partial charge in [0.1, 0.15) is 0 Å². The molecule has 47 heavy (non-hydrogen) atoms. The van der Waals surface area contributed by atoms with Gasteiger partial charge in [0, 0.05) is 0 Å². The number of cyclic esters (lactones) is 2. The maximum atomic E-state index is 11.4. The Morgan fingerprint density at radius 2 is 0.681 bits per heavy atom. The highest BCUT2D eigenvalue weighted by atomic mass is 16.6. The summed E-state index contributed by atoms with van der Waals surface area (Å²) in [6.45, 7) is 2.30. The first kappa shape index (κ1) is 43.9. The molecule has 3 heteroatoms. The van der Waals surface area contributed by atoms with Gasteiger partial charge in [-0.1, -0.05) is 244 Å². The monoisotopic (exact) mass is 659 g/mol.